The molecule has 0 atom stereocenters. The first-order chi connectivity index (χ1) is 22.8. The minimum atomic E-state index is -0.968. The van der Waals surface area contributed by atoms with Crippen LogP contribution < -0.4 is 31.8 Å². The minimum absolute atomic E-state index is 0.575. The normalized spacial score (nSPS) is 10.7. The van der Waals surface area contributed by atoms with Crippen molar-refractivity contribution < 1.29 is 13.9 Å². The third-order valence-electron chi connectivity index (χ3n) is 8.49. The summed E-state index contributed by atoms with van der Waals surface area (Å²) in [5, 5.41) is 8.98. The molecule has 0 saturated carbocycles. The second-order valence-corrected chi connectivity index (χ2v) is 23.6. The summed E-state index contributed by atoms with van der Waals surface area (Å²) in [5.41, 5.74) is 8.35. The van der Waals surface area contributed by atoms with E-state index in [0.29, 0.717) is 13.9 Å². The van der Waals surface area contributed by atoms with E-state index in [4.69, 9.17) is 0 Å². The topological polar surface area (TPSA) is 0 Å². The summed E-state index contributed by atoms with van der Waals surface area (Å²) in [6.45, 7) is 13.4. The van der Waals surface area contributed by atoms with Crippen LogP contribution in [0.2, 0.25) is 0 Å². The summed E-state index contributed by atoms with van der Waals surface area (Å²) in [6.07, 6.45) is 0. The monoisotopic (exact) mass is 874 g/mol. The Kier molecular flexibility index (Phi) is 15.3. The van der Waals surface area contributed by atoms with Crippen molar-refractivity contribution in [1.82, 2.24) is 0 Å². The van der Waals surface area contributed by atoms with Gasteiger partial charge >= 0.3 is 40.8 Å². The number of rotatable bonds is 6. The molecule has 5 heteroatoms. The Bertz CT molecular complexity index is 1530. The van der Waals surface area contributed by atoms with E-state index in [9.17, 15) is 0 Å². The van der Waals surface area contributed by atoms with Gasteiger partial charge in [0.05, 0.1) is 15.8 Å². The van der Waals surface area contributed by atoms with Crippen LogP contribution in [0.1, 0.15) is 33.4 Å². The number of aryl methyl sites for hydroxylation is 6. The van der Waals surface area contributed by atoms with Crippen LogP contribution in [0, 0.1) is 41.5 Å². The maximum absolute atomic E-state index is 3.11. The molecule has 0 fully saturated rings. The Morgan fingerprint density at radius 1 is 0.298 bits per heavy atom. The van der Waals surface area contributed by atoms with Crippen LogP contribution in [0.5, 0.6) is 0 Å². The standard InChI is InChI=1S/2C21H21P.2BrH.Pd/c2*1-16-10-4-7-13-19(16)22(20-14-8-5-11-17(20)2)21-15-9-6-12-18(21)3;;;/h2*4-15H,1-3H3;2*1H;/q;;;;+2. The van der Waals surface area contributed by atoms with Crippen LogP contribution in [-0.4, -0.2) is 0 Å². The van der Waals surface area contributed by atoms with Crippen LogP contribution in [0.15, 0.2) is 146 Å². The van der Waals surface area contributed by atoms with Gasteiger partial charge in [0.15, 0.2) is 0 Å². The molecule has 0 N–H and O–H groups in total. The van der Waals surface area contributed by atoms with Crippen molar-refractivity contribution in [2.45, 2.75) is 41.5 Å². The average Bonchev–Trinajstić information content (AvgIpc) is 3.07. The average molecular weight is 877 g/mol. The van der Waals surface area contributed by atoms with Crippen molar-refractivity contribution in [2.24, 2.45) is 0 Å². The Morgan fingerprint density at radius 2 is 0.426 bits per heavy atom. The summed E-state index contributed by atoms with van der Waals surface area (Å²) in [4.78, 5) is 0. The van der Waals surface area contributed by atoms with E-state index in [2.05, 4.69) is 214 Å². The number of hydrogen-bond acceptors (Lipinski definition) is 0. The molecule has 0 saturated heterocycles. The molecule has 0 unspecified atom stereocenters. The second-order valence-electron chi connectivity index (χ2n) is 11.7. The van der Waals surface area contributed by atoms with Gasteiger partial charge < -0.3 is 0 Å². The van der Waals surface area contributed by atoms with Crippen molar-refractivity contribution in [3.8, 4) is 0 Å². The van der Waals surface area contributed by atoms with E-state index in [1.54, 1.807) is 0 Å². The zero-order chi connectivity index (χ0) is 33.8. The van der Waals surface area contributed by atoms with Gasteiger partial charge in [-0.2, -0.15) is 0 Å². The summed E-state index contributed by atoms with van der Waals surface area (Å²) >= 11 is 6.80. The van der Waals surface area contributed by atoms with E-state index in [1.165, 1.54) is 65.2 Å². The Balaban J connectivity index is 0.000000197. The summed E-state index contributed by atoms with van der Waals surface area (Å²) in [6, 6.07) is 53.1. The molecule has 0 bridgehead atoms. The van der Waals surface area contributed by atoms with Crippen molar-refractivity contribution in [1.29, 1.82) is 0 Å². The first-order valence-electron chi connectivity index (χ1n) is 15.7. The van der Waals surface area contributed by atoms with Crippen LogP contribution >= 0.6 is 42.7 Å². The molecule has 0 aliphatic carbocycles. The van der Waals surface area contributed by atoms with Gasteiger partial charge in [0.25, 0.3) is 0 Å². The molecule has 244 valence electrons. The molecule has 6 rings (SSSR count). The number of benzene rings is 6. The van der Waals surface area contributed by atoms with E-state index >= 15 is 0 Å². The number of hydrogen-bond donors (Lipinski definition) is 0. The van der Waals surface area contributed by atoms with Gasteiger partial charge in [0.2, 0.25) is 0 Å². The van der Waals surface area contributed by atoms with Gasteiger partial charge in [0, 0.05) is 0 Å². The summed E-state index contributed by atoms with van der Waals surface area (Å²) in [5.74, 6) is 0. The third-order valence-corrected chi connectivity index (χ3v) is 15.1. The predicted molar refractivity (Wildman–Crippen MR) is 219 cm³/mol. The van der Waals surface area contributed by atoms with Crippen LogP contribution in [-0.2, 0) is 13.9 Å². The van der Waals surface area contributed by atoms with E-state index in [1.807, 2.05) is 0 Å². The van der Waals surface area contributed by atoms with Gasteiger partial charge in [-0.25, -0.2) is 0 Å². The molecule has 47 heavy (non-hydrogen) atoms. The Labute approximate surface area is 306 Å². The fourth-order valence-corrected chi connectivity index (χ4v) is 12.2. The quantitative estimate of drug-likeness (QED) is 0.116. The van der Waals surface area contributed by atoms with Crippen molar-refractivity contribution in [2.75, 3.05) is 0 Å². The zero-order valence-electron chi connectivity index (χ0n) is 27.9. The molecule has 6 aromatic carbocycles. The molecule has 0 spiro atoms. The van der Waals surface area contributed by atoms with Gasteiger partial charge in [-0.1, -0.05) is 109 Å². The van der Waals surface area contributed by atoms with Crippen LogP contribution in [0.4, 0.5) is 0 Å². The fraction of sp³-hybridized carbons (Fsp3) is 0.143. The maximum atomic E-state index is 3.11. The second kappa shape index (κ2) is 19.1. The van der Waals surface area contributed by atoms with Crippen LogP contribution in [0.25, 0.3) is 0 Å². The first-order valence-corrected chi connectivity index (χ1v) is 25.8. The van der Waals surface area contributed by atoms with Gasteiger partial charge in [-0.3, -0.25) is 0 Å². The molecule has 0 amide bonds. The Morgan fingerprint density at radius 3 is 0.553 bits per heavy atom. The molecule has 6 aromatic rings. The molecular weight excluding hydrogens is 833 g/mol. The molecule has 0 radical (unpaired) electrons. The van der Waals surface area contributed by atoms with Gasteiger partial charge in [-0.15, -0.1) is 0 Å². The Hall–Kier alpha value is -2.20. The van der Waals surface area contributed by atoms with E-state index in [0.717, 1.165) is 0 Å². The first kappa shape index (κ1) is 37.6. The van der Waals surface area contributed by atoms with Crippen LogP contribution in [0.3, 0.4) is 0 Å². The SMILES string of the molecule is Cc1ccccc1[PH+](c1ccccc1C)c1ccccc1C.Cc1ccccc1[PH+](c1ccccc1C)c1ccccc1C.[Br][Pd][Br]. The van der Waals surface area contributed by atoms with Gasteiger partial charge in [0.1, 0.15) is 31.8 Å². The molecule has 0 heterocycles. The fourth-order valence-electron chi connectivity index (χ4n) is 5.99. The van der Waals surface area contributed by atoms with Crippen molar-refractivity contribution >= 4 is 74.5 Å². The zero-order valence-corrected chi connectivity index (χ0v) is 34.7. The molecule has 0 aromatic heterocycles. The summed E-state index contributed by atoms with van der Waals surface area (Å²) in [7, 11) is -1.94. The van der Waals surface area contributed by atoms with Gasteiger partial charge in [-0.05, 0) is 111 Å². The molecule has 0 aliphatic rings. The van der Waals surface area contributed by atoms with E-state index < -0.39 is 15.8 Å². The molecular formula is C42H44Br2P2Pd+2. The summed E-state index contributed by atoms with van der Waals surface area (Å²) < 4.78 is 0. The van der Waals surface area contributed by atoms with E-state index in [-0.39, 0.29) is 0 Å². The van der Waals surface area contributed by atoms with Crippen molar-refractivity contribution in [3.63, 3.8) is 0 Å². The number of halogens is 2. The molecule has 0 nitrogen and oxygen atoms in total. The molecule has 0 aliphatic heterocycles. The third kappa shape index (κ3) is 9.93. The van der Waals surface area contributed by atoms with Crippen molar-refractivity contribution in [3.05, 3.63) is 179 Å². The predicted octanol–water partition coefficient (Wildman–Crippen LogP) is 9.89.